The van der Waals surface area contributed by atoms with E-state index >= 15 is 0 Å². The van der Waals surface area contributed by atoms with Crippen LogP contribution in [0.5, 0.6) is 0 Å². The largest absolute Gasteiger partial charge is 0.301 e. The third-order valence-corrected chi connectivity index (χ3v) is 6.54. The second kappa shape index (κ2) is 9.18. The highest BCUT2D eigenvalue weighted by atomic mass is 35.5. The second-order valence-corrected chi connectivity index (χ2v) is 8.97. The van der Waals surface area contributed by atoms with Crippen LogP contribution >= 0.6 is 46.3 Å². The molecule has 0 aliphatic rings. The molecule has 30 heavy (non-hydrogen) atoms. The van der Waals surface area contributed by atoms with Crippen LogP contribution in [0.25, 0.3) is 21.6 Å². The lowest BCUT2D eigenvalue weighted by atomic mass is 10.2. The van der Waals surface area contributed by atoms with Crippen molar-refractivity contribution in [2.24, 2.45) is 0 Å². The van der Waals surface area contributed by atoms with E-state index in [0.29, 0.717) is 38.3 Å². The number of carbonyl (C=O) groups is 1. The van der Waals surface area contributed by atoms with E-state index in [9.17, 15) is 4.79 Å². The first kappa shape index (κ1) is 20.9. The molecule has 1 amide bonds. The Kier molecular flexibility index (Phi) is 6.38. The molecule has 0 fully saturated rings. The number of para-hydroxylation sites is 1. The normalized spacial score (nSPS) is 11.0. The van der Waals surface area contributed by atoms with Crippen molar-refractivity contribution in [2.75, 3.05) is 11.1 Å². The molecule has 0 radical (unpaired) electrons. The lowest BCUT2D eigenvalue weighted by molar-refractivity contribution is -0.113. The first-order valence-corrected chi connectivity index (χ1v) is 11.4. The predicted octanol–water partition coefficient (Wildman–Crippen LogP) is 5.78. The first-order chi connectivity index (χ1) is 14.5. The molecule has 2 aromatic carbocycles. The van der Waals surface area contributed by atoms with Crippen molar-refractivity contribution in [2.45, 2.75) is 11.7 Å². The van der Waals surface area contributed by atoms with E-state index in [1.54, 1.807) is 24.3 Å². The van der Waals surface area contributed by atoms with Crippen LogP contribution in [0, 0.1) is 0 Å². The third-order valence-electron chi connectivity index (χ3n) is 4.07. The third kappa shape index (κ3) is 4.52. The molecule has 0 atom stereocenters. The van der Waals surface area contributed by atoms with Crippen LogP contribution in [0.1, 0.15) is 0 Å². The lowest BCUT2D eigenvalue weighted by Gasteiger charge is -2.09. The summed E-state index contributed by atoms with van der Waals surface area (Å²) in [5.41, 5.74) is 1.57. The van der Waals surface area contributed by atoms with E-state index < -0.39 is 0 Å². The van der Waals surface area contributed by atoms with E-state index in [4.69, 9.17) is 23.2 Å². The minimum Gasteiger partial charge on any atom is -0.301 e. The number of halogens is 2. The fraction of sp³-hybridized carbons (Fsp3) is 0.100. The maximum Gasteiger partial charge on any atom is 0.236 e. The Morgan fingerprint density at radius 3 is 2.83 bits per heavy atom. The molecule has 2 aromatic heterocycles. The number of hydrogen-bond donors (Lipinski definition) is 1. The van der Waals surface area contributed by atoms with Crippen LogP contribution in [0.4, 0.5) is 5.13 Å². The van der Waals surface area contributed by atoms with Crippen molar-refractivity contribution in [3.05, 3.63) is 65.2 Å². The topological polar surface area (TPSA) is 72.7 Å². The molecule has 0 aliphatic heterocycles. The number of aromatic nitrogens is 4. The number of carbonyl (C=O) groups excluding carboxylic acids is 1. The Labute approximate surface area is 190 Å². The van der Waals surface area contributed by atoms with Crippen molar-refractivity contribution in [1.29, 1.82) is 0 Å². The zero-order valence-electron chi connectivity index (χ0n) is 15.5. The summed E-state index contributed by atoms with van der Waals surface area (Å²) in [5, 5.41) is 13.5. The van der Waals surface area contributed by atoms with Gasteiger partial charge in [-0.15, -0.1) is 16.8 Å². The summed E-state index contributed by atoms with van der Waals surface area (Å²) < 4.78 is 2.88. The van der Waals surface area contributed by atoms with Gasteiger partial charge in [0.05, 0.1) is 21.0 Å². The SMILES string of the molecule is C=CCn1c(SCC(=O)Nc2nc3ccccc3s2)nnc1-c1ccc(Cl)cc1Cl. The monoisotopic (exact) mass is 475 g/mol. The summed E-state index contributed by atoms with van der Waals surface area (Å²) in [7, 11) is 0. The van der Waals surface area contributed by atoms with Crippen LogP contribution in [-0.4, -0.2) is 31.4 Å². The number of amides is 1. The van der Waals surface area contributed by atoms with Gasteiger partial charge in [0.15, 0.2) is 16.1 Å². The maximum atomic E-state index is 12.4. The molecular weight excluding hydrogens is 461 g/mol. The van der Waals surface area contributed by atoms with Gasteiger partial charge in [-0.25, -0.2) is 4.98 Å². The smallest absolute Gasteiger partial charge is 0.236 e. The Bertz CT molecular complexity index is 1200. The Morgan fingerprint density at radius 2 is 2.07 bits per heavy atom. The average Bonchev–Trinajstić information content (AvgIpc) is 3.30. The summed E-state index contributed by atoms with van der Waals surface area (Å²) >= 11 is 15.0. The molecule has 4 rings (SSSR count). The number of rotatable bonds is 7. The van der Waals surface area contributed by atoms with Gasteiger partial charge in [0, 0.05) is 17.1 Å². The van der Waals surface area contributed by atoms with Crippen LogP contribution in [0.3, 0.4) is 0 Å². The van der Waals surface area contributed by atoms with Gasteiger partial charge < -0.3 is 5.32 Å². The molecule has 10 heteroatoms. The van der Waals surface area contributed by atoms with Crippen LogP contribution in [0.15, 0.2) is 60.3 Å². The zero-order valence-corrected chi connectivity index (χ0v) is 18.7. The molecule has 152 valence electrons. The summed E-state index contributed by atoms with van der Waals surface area (Å²) in [6, 6.07) is 12.9. The zero-order chi connectivity index (χ0) is 21.1. The molecule has 0 spiro atoms. The van der Waals surface area contributed by atoms with Gasteiger partial charge >= 0.3 is 0 Å². The van der Waals surface area contributed by atoms with Crippen molar-refractivity contribution in [3.63, 3.8) is 0 Å². The molecule has 2 heterocycles. The van der Waals surface area contributed by atoms with E-state index in [-0.39, 0.29) is 11.7 Å². The lowest BCUT2D eigenvalue weighted by Crippen LogP contribution is -2.14. The number of fused-ring (bicyclic) bond motifs is 1. The molecule has 6 nitrogen and oxygen atoms in total. The highest BCUT2D eigenvalue weighted by Gasteiger charge is 2.17. The number of hydrogen-bond acceptors (Lipinski definition) is 6. The van der Waals surface area contributed by atoms with Gasteiger partial charge in [-0.3, -0.25) is 9.36 Å². The number of allylic oxidation sites excluding steroid dienone is 1. The molecule has 0 bridgehead atoms. The standard InChI is InChI=1S/C20H15Cl2N5OS2/c1-2-9-27-18(13-8-7-12(21)10-14(13)22)25-26-20(27)29-11-17(28)24-19-23-15-5-3-4-6-16(15)30-19/h2-8,10H,1,9,11H2,(H,23,24,28). The molecule has 1 N–H and O–H groups in total. The Balaban J connectivity index is 1.49. The van der Waals surface area contributed by atoms with Crippen molar-refractivity contribution < 1.29 is 4.79 Å². The van der Waals surface area contributed by atoms with E-state index in [1.165, 1.54) is 23.1 Å². The van der Waals surface area contributed by atoms with Crippen LogP contribution < -0.4 is 5.32 Å². The molecule has 0 aliphatic carbocycles. The Morgan fingerprint density at radius 1 is 1.23 bits per heavy atom. The molecule has 0 unspecified atom stereocenters. The highest BCUT2D eigenvalue weighted by molar-refractivity contribution is 7.99. The molecule has 4 aromatic rings. The fourth-order valence-electron chi connectivity index (χ4n) is 2.77. The van der Waals surface area contributed by atoms with Crippen molar-refractivity contribution in [1.82, 2.24) is 19.7 Å². The minimum atomic E-state index is -0.168. The number of anilines is 1. The van der Waals surface area contributed by atoms with Gasteiger partial charge in [-0.2, -0.15) is 0 Å². The molecule has 0 saturated carbocycles. The molecular formula is C20H15Cl2N5OS2. The molecule has 0 saturated heterocycles. The first-order valence-electron chi connectivity index (χ1n) is 8.83. The summed E-state index contributed by atoms with van der Waals surface area (Å²) in [4.78, 5) is 16.8. The van der Waals surface area contributed by atoms with E-state index in [0.717, 1.165) is 10.2 Å². The average molecular weight is 476 g/mol. The van der Waals surface area contributed by atoms with Gasteiger partial charge in [0.25, 0.3) is 0 Å². The van der Waals surface area contributed by atoms with Gasteiger partial charge in [0.1, 0.15) is 0 Å². The van der Waals surface area contributed by atoms with Crippen LogP contribution in [-0.2, 0) is 11.3 Å². The quantitative estimate of drug-likeness (QED) is 0.271. The second-order valence-electron chi connectivity index (χ2n) is 6.15. The van der Waals surface area contributed by atoms with Gasteiger partial charge in [-0.1, -0.05) is 64.5 Å². The summed E-state index contributed by atoms with van der Waals surface area (Å²) in [5.74, 6) is 0.587. The highest BCUT2D eigenvalue weighted by Crippen LogP contribution is 2.31. The van der Waals surface area contributed by atoms with Crippen LogP contribution in [0.2, 0.25) is 10.0 Å². The predicted molar refractivity (Wildman–Crippen MR) is 125 cm³/mol. The van der Waals surface area contributed by atoms with Crippen molar-refractivity contribution in [3.8, 4) is 11.4 Å². The van der Waals surface area contributed by atoms with Crippen molar-refractivity contribution >= 4 is 67.6 Å². The number of nitrogens with one attached hydrogen (secondary N) is 1. The summed E-state index contributed by atoms with van der Waals surface area (Å²) in [6.45, 7) is 4.27. The summed E-state index contributed by atoms with van der Waals surface area (Å²) in [6.07, 6.45) is 1.74. The fourth-order valence-corrected chi connectivity index (χ4v) is 4.89. The number of nitrogens with zero attached hydrogens (tertiary/aromatic N) is 4. The number of thiazole rings is 1. The Hall–Kier alpha value is -2.39. The van der Waals surface area contributed by atoms with Gasteiger partial charge in [0.2, 0.25) is 5.91 Å². The van der Waals surface area contributed by atoms with Gasteiger partial charge in [-0.05, 0) is 30.3 Å². The minimum absolute atomic E-state index is 0.166. The van der Waals surface area contributed by atoms with E-state index in [2.05, 4.69) is 27.1 Å². The number of benzene rings is 2. The maximum absolute atomic E-state index is 12.4. The number of thioether (sulfide) groups is 1. The van der Waals surface area contributed by atoms with E-state index in [1.807, 2.05) is 28.8 Å².